The van der Waals surface area contributed by atoms with Crippen molar-refractivity contribution in [2.24, 2.45) is 0 Å². The number of fused-ring (bicyclic) bond motifs is 1. The molecule has 0 saturated heterocycles. The fraction of sp³-hybridized carbons (Fsp3) is 0.542. The molecule has 0 aliphatic heterocycles. The van der Waals surface area contributed by atoms with Gasteiger partial charge in [-0.2, -0.15) is 0 Å². The van der Waals surface area contributed by atoms with Crippen LogP contribution in [0.3, 0.4) is 0 Å². The number of ether oxygens (including phenoxy) is 2. The van der Waals surface area contributed by atoms with Crippen molar-refractivity contribution in [2.75, 3.05) is 7.11 Å². The SMILES string of the molecule is CCCCCCCCCCCCC1=C(OC(=O)OC)C(=O)c2ccccc2C1=O. The Morgan fingerprint density at radius 3 is 1.86 bits per heavy atom. The molecule has 0 amide bonds. The maximum absolute atomic E-state index is 12.9. The summed E-state index contributed by atoms with van der Waals surface area (Å²) in [5.74, 6) is -0.862. The molecule has 0 saturated carbocycles. The molecule has 1 aromatic carbocycles. The fourth-order valence-corrected chi connectivity index (χ4v) is 3.65. The first-order valence-electron chi connectivity index (χ1n) is 10.8. The lowest BCUT2D eigenvalue weighted by Crippen LogP contribution is -2.25. The van der Waals surface area contributed by atoms with Crippen LogP contribution in [0.5, 0.6) is 0 Å². The minimum absolute atomic E-state index is 0.184. The van der Waals surface area contributed by atoms with Gasteiger partial charge in [-0.15, -0.1) is 0 Å². The van der Waals surface area contributed by atoms with Gasteiger partial charge in [-0.1, -0.05) is 89.0 Å². The Balaban J connectivity index is 1.91. The van der Waals surface area contributed by atoms with E-state index in [2.05, 4.69) is 11.7 Å². The van der Waals surface area contributed by atoms with Crippen LogP contribution in [0.2, 0.25) is 0 Å². The van der Waals surface area contributed by atoms with Crippen molar-refractivity contribution in [3.05, 3.63) is 46.7 Å². The van der Waals surface area contributed by atoms with Gasteiger partial charge >= 0.3 is 6.16 Å². The third kappa shape index (κ3) is 6.55. The molecule has 5 nitrogen and oxygen atoms in total. The van der Waals surface area contributed by atoms with Crippen molar-refractivity contribution in [3.63, 3.8) is 0 Å². The van der Waals surface area contributed by atoms with Crippen LogP contribution in [-0.2, 0) is 9.47 Å². The van der Waals surface area contributed by atoms with Crippen molar-refractivity contribution >= 4 is 17.7 Å². The topological polar surface area (TPSA) is 69.7 Å². The molecule has 0 unspecified atom stereocenters. The van der Waals surface area contributed by atoms with E-state index in [1.54, 1.807) is 24.3 Å². The summed E-state index contributed by atoms with van der Waals surface area (Å²) >= 11 is 0. The van der Waals surface area contributed by atoms with Crippen LogP contribution in [0, 0.1) is 0 Å². The number of rotatable bonds is 12. The Kier molecular flexibility index (Phi) is 9.62. The van der Waals surface area contributed by atoms with Gasteiger partial charge in [-0.3, -0.25) is 9.59 Å². The highest BCUT2D eigenvalue weighted by Gasteiger charge is 2.34. The molecule has 5 heteroatoms. The third-order valence-corrected chi connectivity index (χ3v) is 5.30. The van der Waals surface area contributed by atoms with Crippen molar-refractivity contribution in [1.82, 2.24) is 0 Å². The lowest BCUT2D eigenvalue weighted by Gasteiger charge is -2.20. The zero-order chi connectivity index (χ0) is 21.1. The predicted molar refractivity (Wildman–Crippen MR) is 112 cm³/mol. The summed E-state index contributed by atoms with van der Waals surface area (Å²) in [6.07, 6.45) is 11.2. The molecule has 0 atom stereocenters. The van der Waals surface area contributed by atoms with Gasteiger partial charge in [0.15, 0.2) is 11.5 Å². The zero-order valence-corrected chi connectivity index (χ0v) is 17.6. The number of allylic oxidation sites excluding steroid dienone is 2. The number of Topliss-reactive ketones (excluding diaryl/α,β-unsaturated/α-hetero) is 2. The standard InChI is InChI=1S/C24H32O5/c1-3-4-5-6-7-8-9-10-11-12-17-20-21(25)18-15-13-14-16-19(18)22(26)23(20)29-24(27)28-2/h13-16H,3-12,17H2,1-2H3. The third-order valence-electron chi connectivity index (χ3n) is 5.30. The summed E-state index contributed by atoms with van der Waals surface area (Å²) in [5.41, 5.74) is 0.915. The number of carbonyl (C=O) groups excluding carboxylic acids is 3. The second kappa shape index (κ2) is 12.2. The first-order chi connectivity index (χ1) is 14.1. The second-order valence-electron chi connectivity index (χ2n) is 7.50. The van der Waals surface area contributed by atoms with E-state index in [-0.39, 0.29) is 22.7 Å². The average molecular weight is 401 g/mol. The highest BCUT2D eigenvalue weighted by molar-refractivity contribution is 6.26. The molecule has 0 N–H and O–H groups in total. The molecule has 29 heavy (non-hydrogen) atoms. The number of hydrogen-bond acceptors (Lipinski definition) is 5. The number of ketones is 2. The molecule has 1 aliphatic rings. The molecule has 0 aromatic heterocycles. The quantitative estimate of drug-likeness (QED) is 0.299. The van der Waals surface area contributed by atoms with Gasteiger partial charge in [0.2, 0.25) is 5.78 Å². The molecule has 1 aromatic rings. The normalized spacial score (nSPS) is 13.4. The number of benzene rings is 1. The van der Waals surface area contributed by atoms with Gasteiger partial charge in [0.1, 0.15) is 0 Å². The van der Waals surface area contributed by atoms with E-state index in [0.29, 0.717) is 12.0 Å². The minimum Gasteiger partial charge on any atom is -0.437 e. The van der Waals surface area contributed by atoms with Crippen LogP contribution in [0.15, 0.2) is 35.6 Å². The van der Waals surface area contributed by atoms with Crippen molar-refractivity contribution in [3.8, 4) is 0 Å². The van der Waals surface area contributed by atoms with E-state index in [4.69, 9.17) is 4.74 Å². The molecule has 0 spiro atoms. The Morgan fingerprint density at radius 2 is 1.31 bits per heavy atom. The summed E-state index contributed by atoms with van der Waals surface area (Å²) in [4.78, 5) is 37.2. The molecular formula is C24H32O5. The van der Waals surface area contributed by atoms with E-state index < -0.39 is 11.9 Å². The zero-order valence-electron chi connectivity index (χ0n) is 17.6. The van der Waals surface area contributed by atoms with Crippen LogP contribution in [0.4, 0.5) is 4.79 Å². The first kappa shape index (κ1) is 22.9. The van der Waals surface area contributed by atoms with Crippen molar-refractivity contribution in [1.29, 1.82) is 0 Å². The van der Waals surface area contributed by atoms with E-state index >= 15 is 0 Å². The Labute approximate surface area is 173 Å². The number of unbranched alkanes of at least 4 members (excludes halogenated alkanes) is 9. The van der Waals surface area contributed by atoms with E-state index in [1.165, 1.54) is 52.1 Å². The van der Waals surface area contributed by atoms with E-state index in [9.17, 15) is 14.4 Å². The summed E-state index contributed by atoms with van der Waals surface area (Å²) in [5, 5.41) is 0. The minimum atomic E-state index is -0.985. The summed E-state index contributed by atoms with van der Waals surface area (Å²) in [6, 6.07) is 6.64. The van der Waals surface area contributed by atoms with Gasteiger partial charge in [-0.05, 0) is 12.8 Å². The number of hydrogen-bond donors (Lipinski definition) is 0. The van der Waals surface area contributed by atoms with Gasteiger partial charge in [0.25, 0.3) is 0 Å². The van der Waals surface area contributed by atoms with E-state index in [1.807, 2.05) is 0 Å². The van der Waals surface area contributed by atoms with E-state index in [0.717, 1.165) is 19.3 Å². The molecule has 158 valence electrons. The van der Waals surface area contributed by atoms with Crippen LogP contribution in [0.1, 0.15) is 98.3 Å². The first-order valence-corrected chi connectivity index (χ1v) is 10.8. The Morgan fingerprint density at radius 1 is 0.793 bits per heavy atom. The molecule has 0 heterocycles. The summed E-state index contributed by atoms with van der Waals surface area (Å²) in [6.45, 7) is 2.22. The summed E-state index contributed by atoms with van der Waals surface area (Å²) < 4.78 is 9.60. The fourth-order valence-electron chi connectivity index (χ4n) is 3.65. The molecule has 2 rings (SSSR count). The monoisotopic (exact) mass is 400 g/mol. The molecule has 0 bridgehead atoms. The smallest absolute Gasteiger partial charge is 0.437 e. The number of methoxy groups -OCH3 is 1. The van der Waals surface area contributed by atoms with Crippen LogP contribution >= 0.6 is 0 Å². The summed E-state index contributed by atoms with van der Waals surface area (Å²) in [7, 11) is 1.17. The molecular weight excluding hydrogens is 368 g/mol. The van der Waals surface area contributed by atoms with Gasteiger partial charge in [0.05, 0.1) is 7.11 Å². The highest BCUT2D eigenvalue weighted by atomic mass is 16.7. The lowest BCUT2D eigenvalue weighted by molar-refractivity contribution is 0.0763. The molecule has 1 aliphatic carbocycles. The number of carbonyl (C=O) groups is 3. The van der Waals surface area contributed by atoms with Crippen molar-refractivity contribution < 1.29 is 23.9 Å². The van der Waals surface area contributed by atoms with Crippen molar-refractivity contribution in [2.45, 2.75) is 77.6 Å². The average Bonchev–Trinajstić information content (AvgIpc) is 2.74. The second-order valence-corrected chi connectivity index (χ2v) is 7.50. The van der Waals surface area contributed by atoms with Gasteiger partial charge in [0, 0.05) is 16.7 Å². The molecule has 0 fully saturated rings. The lowest BCUT2D eigenvalue weighted by atomic mass is 9.86. The molecule has 0 radical (unpaired) electrons. The van der Waals surface area contributed by atoms with Crippen LogP contribution < -0.4 is 0 Å². The highest BCUT2D eigenvalue weighted by Crippen LogP contribution is 2.30. The maximum atomic E-state index is 12.9. The Bertz CT molecular complexity index is 747. The van der Waals surface area contributed by atoms with Crippen LogP contribution in [-0.4, -0.2) is 24.8 Å². The van der Waals surface area contributed by atoms with Gasteiger partial charge < -0.3 is 9.47 Å². The van der Waals surface area contributed by atoms with Gasteiger partial charge in [-0.25, -0.2) is 4.79 Å². The largest absolute Gasteiger partial charge is 0.513 e. The Hall–Kier alpha value is -2.43. The maximum Gasteiger partial charge on any atom is 0.513 e. The predicted octanol–water partition coefficient (Wildman–Crippen LogP) is 6.41. The van der Waals surface area contributed by atoms with Crippen LogP contribution in [0.25, 0.3) is 0 Å².